The van der Waals surface area contributed by atoms with Gasteiger partial charge in [-0.2, -0.15) is 0 Å². The molecule has 1 atom stereocenters. The molecule has 2 aromatic carbocycles. The number of hydrogen-bond acceptors (Lipinski definition) is 5. The number of aldehydes is 1. The van der Waals surface area contributed by atoms with Gasteiger partial charge in [0.15, 0.2) is 5.54 Å². The summed E-state index contributed by atoms with van der Waals surface area (Å²) in [6, 6.07) is 13.7. The maximum Gasteiger partial charge on any atom is 0.322 e. The zero-order valence-electron chi connectivity index (χ0n) is 14.2. The number of benzene rings is 2. The van der Waals surface area contributed by atoms with Crippen LogP contribution in [0.4, 0.5) is 4.79 Å². The Morgan fingerprint density at radius 2 is 1.92 bits per heavy atom. The number of rotatable bonds is 7. The lowest BCUT2D eigenvalue weighted by molar-refractivity contribution is -0.124. The van der Waals surface area contributed by atoms with E-state index in [2.05, 4.69) is 16.0 Å². The Balaban J connectivity index is 1.81. The molecule has 0 spiro atoms. The molecule has 1 aliphatic heterocycles. The molecule has 2 aromatic rings. The molecule has 3 rings (SSSR count). The number of nitrogens with one attached hydrogen (secondary N) is 3. The van der Waals surface area contributed by atoms with Crippen molar-refractivity contribution in [1.82, 2.24) is 16.0 Å². The Kier molecular flexibility index (Phi) is 4.99. The van der Waals surface area contributed by atoms with Crippen LogP contribution in [0.3, 0.4) is 0 Å². The summed E-state index contributed by atoms with van der Waals surface area (Å²) in [5.41, 5.74) is 0.759. The first kappa shape index (κ1) is 17.6. The van der Waals surface area contributed by atoms with Gasteiger partial charge in [0, 0.05) is 18.7 Å². The zero-order valence-corrected chi connectivity index (χ0v) is 14.2. The fourth-order valence-electron chi connectivity index (χ4n) is 3.01. The van der Waals surface area contributed by atoms with Gasteiger partial charge in [-0.25, -0.2) is 4.79 Å². The highest BCUT2D eigenvalue weighted by Crippen LogP contribution is 2.24. The molecule has 1 aliphatic rings. The van der Waals surface area contributed by atoms with Crippen molar-refractivity contribution in [2.24, 2.45) is 0 Å². The van der Waals surface area contributed by atoms with E-state index in [9.17, 15) is 14.4 Å². The Morgan fingerprint density at radius 1 is 1.15 bits per heavy atom. The predicted molar refractivity (Wildman–Crippen MR) is 94.9 cm³/mol. The van der Waals surface area contributed by atoms with Crippen molar-refractivity contribution in [3.63, 3.8) is 0 Å². The molecule has 3 amide bonds. The minimum absolute atomic E-state index is 0.171. The Labute approximate surface area is 150 Å². The van der Waals surface area contributed by atoms with Crippen molar-refractivity contribution in [3.05, 3.63) is 65.2 Å². The third kappa shape index (κ3) is 3.29. The highest BCUT2D eigenvalue weighted by molar-refractivity contribution is 6.07. The van der Waals surface area contributed by atoms with Crippen LogP contribution in [0.15, 0.2) is 48.5 Å². The van der Waals surface area contributed by atoms with Gasteiger partial charge in [-0.1, -0.05) is 30.3 Å². The lowest BCUT2D eigenvalue weighted by Crippen LogP contribution is -2.51. The van der Waals surface area contributed by atoms with Crippen molar-refractivity contribution in [3.8, 4) is 5.75 Å². The van der Waals surface area contributed by atoms with Gasteiger partial charge in [-0.05, 0) is 29.3 Å². The fourth-order valence-corrected chi connectivity index (χ4v) is 3.01. The van der Waals surface area contributed by atoms with Crippen LogP contribution in [0.1, 0.15) is 21.5 Å². The lowest BCUT2D eigenvalue weighted by Gasteiger charge is -2.27. The summed E-state index contributed by atoms with van der Waals surface area (Å²) in [6.45, 7) is 0.507. The van der Waals surface area contributed by atoms with Crippen molar-refractivity contribution in [2.75, 3.05) is 13.7 Å². The van der Waals surface area contributed by atoms with E-state index in [0.717, 1.165) is 11.8 Å². The molecular formula is C19H19N3O4. The van der Waals surface area contributed by atoms with E-state index in [1.54, 1.807) is 49.6 Å². The molecule has 134 valence electrons. The molecule has 26 heavy (non-hydrogen) atoms. The summed E-state index contributed by atoms with van der Waals surface area (Å²) in [5, 5.41) is 8.17. The molecule has 0 aliphatic carbocycles. The molecule has 0 bridgehead atoms. The lowest BCUT2D eigenvalue weighted by atomic mass is 9.89. The maximum absolute atomic E-state index is 12.5. The molecule has 3 N–H and O–H groups in total. The van der Waals surface area contributed by atoms with Gasteiger partial charge >= 0.3 is 6.03 Å². The maximum atomic E-state index is 12.5. The number of imide groups is 1. The van der Waals surface area contributed by atoms with E-state index in [4.69, 9.17) is 4.74 Å². The van der Waals surface area contributed by atoms with E-state index < -0.39 is 17.5 Å². The van der Waals surface area contributed by atoms with Gasteiger partial charge < -0.3 is 15.4 Å². The molecule has 1 saturated heterocycles. The summed E-state index contributed by atoms with van der Waals surface area (Å²) >= 11 is 0. The van der Waals surface area contributed by atoms with Crippen molar-refractivity contribution < 1.29 is 19.1 Å². The molecule has 1 unspecified atom stereocenters. The van der Waals surface area contributed by atoms with Crippen LogP contribution in [0.25, 0.3) is 0 Å². The number of methoxy groups -OCH3 is 1. The minimum atomic E-state index is -1.20. The molecule has 0 saturated carbocycles. The molecule has 0 aromatic heterocycles. The number of urea groups is 1. The van der Waals surface area contributed by atoms with Crippen LogP contribution in [0, 0.1) is 0 Å². The second kappa shape index (κ2) is 7.37. The van der Waals surface area contributed by atoms with Crippen molar-refractivity contribution >= 4 is 18.2 Å². The molecule has 0 radical (unpaired) electrons. The summed E-state index contributed by atoms with van der Waals surface area (Å²) in [6.07, 6.45) is 0.771. The molecule has 7 heteroatoms. The SMILES string of the molecule is COc1ccc(C=O)c(CNCC2(c3ccccc3)NC(=O)NC2=O)c1. The van der Waals surface area contributed by atoms with Crippen LogP contribution in [-0.2, 0) is 16.9 Å². The van der Waals surface area contributed by atoms with Crippen molar-refractivity contribution in [2.45, 2.75) is 12.1 Å². The van der Waals surface area contributed by atoms with E-state index >= 15 is 0 Å². The molecular weight excluding hydrogens is 334 g/mol. The number of ether oxygens (including phenoxy) is 1. The van der Waals surface area contributed by atoms with Gasteiger partial charge in [0.05, 0.1) is 7.11 Å². The third-order valence-electron chi connectivity index (χ3n) is 4.39. The van der Waals surface area contributed by atoms with Crippen LogP contribution in [0.2, 0.25) is 0 Å². The molecule has 1 heterocycles. The van der Waals surface area contributed by atoms with E-state index in [1.165, 1.54) is 0 Å². The van der Waals surface area contributed by atoms with Crippen molar-refractivity contribution in [1.29, 1.82) is 0 Å². The smallest absolute Gasteiger partial charge is 0.322 e. The zero-order chi connectivity index (χ0) is 18.6. The average Bonchev–Trinajstić information content (AvgIpc) is 2.96. The number of hydrogen-bond donors (Lipinski definition) is 3. The normalized spacial score (nSPS) is 19.0. The summed E-state index contributed by atoms with van der Waals surface area (Å²) in [7, 11) is 1.55. The van der Waals surface area contributed by atoms with Gasteiger partial charge in [0.2, 0.25) is 0 Å². The topological polar surface area (TPSA) is 96.5 Å². The number of carbonyl (C=O) groups excluding carboxylic acids is 3. The Bertz CT molecular complexity index is 838. The highest BCUT2D eigenvalue weighted by atomic mass is 16.5. The van der Waals surface area contributed by atoms with Gasteiger partial charge in [-0.3, -0.25) is 14.9 Å². The second-order valence-corrected chi connectivity index (χ2v) is 5.97. The number of carbonyl (C=O) groups is 3. The standard InChI is InChI=1S/C19H19N3O4/c1-26-16-8-7-13(11-23)14(9-16)10-20-12-19(15-5-3-2-4-6-15)17(24)21-18(25)22-19/h2-9,11,20H,10,12H2,1H3,(H2,21,22,24,25). The second-order valence-electron chi connectivity index (χ2n) is 5.97. The van der Waals surface area contributed by atoms with Gasteiger partial charge in [0.25, 0.3) is 5.91 Å². The Hall–Kier alpha value is -3.19. The fraction of sp³-hybridized carbons (Fsp3) is 0.211. The average molecular weight is 353 g/mol. The monoisotopic (exact) mass is 353 g/mol. The highest BCUT2D eigenvalue weighted by Gasteiger charge is 2.47. The van der Waals surface area contributed by atoms with Crippen LogP contribution in [-0.4, -0.2) is 31.9 Å². The van der Waals surface area contributed by atoms with Crippen LogP contribution < -0.4 is 20.7 Å². The van der Waals surface area contributed by atoms with Crippen LogP contribution >= 0.6 is 0 Å². The van der Waals surface area contributed by atoms with Gasteiger partial charge in [0.1, 0.15) is 12.0 Å². The summed E-state index contributed by atoms with van der Waals surface area (Å²) in [5.74, 6) is 0.222. The van der Waals surface area contributed by atoms with Gasteiger partial charge in [-0.15, -0.1) is 0 Å². The largest absolute Gasteiger partial charge is 0.497 e. The predicted octanol–water partition coefficient (Wildman–Crippen LogP) is 1.33. The van der Waals surface area contributed by atoms with E-state index in [1.807, 2.05) is 6.07 Å². The third-order valence-corrected chi connectivity index (χ3v) is 4.39. The first-order chi connectivity index (χ1) is 12.6. The van der Waals surface area contributed by atoms with E-state index in [0.29, 0.717) is 23.4 Å². The quantitative estimate of drug-likeness (QED) is 0.515. The first-order valence-corrected chi connectivity index (χ1v) is 8.11. The summed E-state index contributed by atoms with van der Waals surface area (Å²) in [4.78, 5) is 35.4. The van der Waals surface area contributed by atoms with Crippen LogP contribution in [0.5, 0.6) is 5.75 Å². The Morgan fingerprint density at radius 3 is 2.54 bits per heavy atom. The minimum Gasteiger partial charge on any atom is -0.497 e. The molecule has 7 nitrogen and oxygen atoms in total. The number of amides is 3. The first-order valence-electron chi connectivity index (χ1n) is 8.11. The van der Waals surface area contributed by atoms with E-state index in [-0.39, 0.29) is 6.54 Å². The molecule has 1 fully saturated rings. The summed E-state index contributed by atoms with van der Waals surface area (Å²) < 4.78 is 5.19.